The summed E-state index contributed by atoms with van der Waals surface area (Å²) in [5.74, 6) is 0. The number of nitrogens with one attached hydrogen (secondary N) is 1. The molecule has 0 radical (unpaired) electrons. The van der Waals surface area contributed by atoms with Crippen molar-refractivity contribution in [2.24, 2.45) is 5.73 Å². The van der Waals surface area contributed by atoms with E-state index in [4.69, 9.17) is 4.79 Å². The van der Waals surface area contributed by atoms with Crippen LogP contribution in [0.4, 0.5) is 9.59 Å². The van der Waals surface area contributed by atoms with E-state index in [2.05, 4.69) is 43.2 Å². The quantitative estimate of drug-likeness (QED) is 0.301. The fraction of sp³-hybridized carbons (Fsp3) is 0.750. The molecule has 0 aromatic carbocycles. The van der Waals surface area contributed by atoms with Crippen LogP contribution in [0.3, 0.4) is 0 Å². The second-order valence-corrected chi connectivity index (χ2v) is 3.48. The van der Waals surface area contributed by atoms with Gasteiger partial charge in [0.25, 0.3) is 10.5 Å². The Morgan fingerprint density at radius 3 is 2.07 bits per heavy atom. The molecule has 4 nitrogen and oxygen atoms in total. The molecule has 0 aromatic rings. The van der Waals surface area contributed by atoms with Gasteiger partial charge in [-0.15, -0.1) is 0 Å². The number of primary amides is 1. The van der Waals surface area contributed by atoms with Gasteiger partial charge in [0.1, 0.15) is 0 Å². The van der Waals surface area contributed by atoms with Crippen molar-refractivity contribution in [3.8, 4) is 0 Å². The summed E-state index contributed by atoms with van der Waals surface area (Å²) in [6.45, 7) is 2.93. The van der Waals surface area contributed by atoms with Crippen LogP contribution < -0.4 is 40.6 Å². The summed E-state index contributed by atoms with van der Waals surface area (Å²) in [4.78, 5) is 19.3. The average molecular weight is 262 g/mol. The van der Waals surface area contributed by atoms with Crippen molar-refractivity contribution in [3.63, 3.8) is 0 Å². The number of thiol groups is 2. The minimum absolute atomic E-state index is 0. The molecule has 0 rings (SSSR count). The molecule has 3 N–H and O–H groups in total. The van der Waals surface area contributed by atoms with Crippen LogP contribution in [0.1, 0.15) is 34.0 Å². The van der Waals surface area contributed by atoms with Crippen LogP contribution in [0.15, 0.2) is 0 Å². The molecule has 0 spiro atoms. The van der Waals surface area contributed by atoms with E-state index in [-0.39, 0.29) is 36.2 Å². The first-order chi connectivity index (χ1) is 6.50. The summed E-state index contributed by atoms with van der Waals surface area (Å²) in [6.07, 6.45) is 4.75. The van der Waals surface area contributed by atoms with Crippen LogP contribution in [-0.4, -0.2) is 17.0 Å². The third kappa shape index (κ3) is 40.1. The molecule has 0 saturated carbocycles. The van der Waals surface area contributed by atoms with Gasteiger partial charge in [-0.05, 0) is 6.42 Å². The van der Waals surface area contributed by atoms with E-state index in [1.54, 1.807) is 0 Å². The summed E-state index contributed by atoms with van der Waals surface area (Å²) in [6, 6.07) is 0. The summed E-state index contributed by atoms with van der Waals surface area (Å²) < 4.78 is 0. The summed E-state index contributed by atoms with van der Waals surface area (Å²) in [5, 5.41) is 1.77. The zero-order valence-electron chi connectivity index (χ0n) is 10.3. The van der Waals surface area contributed by atoms with Crippen LogP contribution in [0.25, 0.3) is 0 Å². The predicted octanol–water partition coefficient (Wildman–Crippen LogP) is -0.682. The molecule has 0 aliphatic carbocycles. The number of hydrogen-bond donors (Lipinski definition) is 4. The Hall–Kier alpha value is 0.640. The van der Waals surface area contributed by atoms with Gasteiger partial charge in [-0.1, -0.05) is 51.4 Å². The predicted molar refractivity (Wildman–Crippen MR) is 66.2 cm³/mol. The van der Waals surface area contributed by atoms with Crippen LogP contribution >= 0.6 is 25.3 Å². The number of rotatable bonds is 5. The summed E-state index contributed by atoms with van der Waals surface area (Å²) in [5.41, 5.74) is 4.34. The monoisotopic (exact) mass is 262 g/mol. The Kier molecular flexibility index (Phi) is 23.8. The fourth-order valence-corrected chi connectivity index (χ4v) is 0.859. The number of carbonyl (C=O) groups excluding carboxylic acids is 2. The second kappa shape index (κ2) is 17.0. The fourth-order valence-electron chi connectivity index (χ4n) is 0.747. The second-order valence-electron chi connectivity index (χ2n) is 2.63. The van der Waals surface area contributed by atoms with E-state index in [9.17, 15) is 4.79 Å². The van der Waals surface area contributed by atoms with Gasteiger partial charge in [-0.2, -0.15) is 0 Å². The molecule has 0 fully saturated rings. The standard InChI is InChI=1S/C7H15NOS.CH3NOS.Na.H/c1-2-3-4-5-6-8-7(9)10;2-1(3)4;;/h2-6H2,1H3,(H2,8,9,10);(H3,2,3,4);;/q;;+1;-1. The Bertz CT molecular complexity index is 172. The summed E-state index contributed by atoms with van der Waals surface area (Å²) >= 11 is 6.68. The molecule has 0 bridgehead atoms. The molecule has 0 aliphatic rings. The largest absolute Gasteiger partial charge is 1.00 e. The number of hydrogen-bond acceptors (Lipinski definition) is 2. The van der Waals surface area contributed by atoms with Crippen LogP contribution in [-0.2, 0) is 0 Å². The summed E-state index contributed by atoms with van der Waals surface area (Å²) in [7, 11) is 0. The van der Waals surface area contributed by atoms with Crippen molar-refractivity contribution in [1.29, 1.82) is 0 Å². The van der Waals surface area contributed by atoms with Gasteiger partial charge in [0.05, 0.1) is 0 Å². The van der Waals surface area contributed by atoms with Crippen molar-refractivity contribution in [3.05, 3.63) is 0 Å². The minimum atomic E-state index is -0.639. The van der Waals surface area contributed by atoms with E-state index in [1.807, 2.05) is 0 Å². The molecule has 15 heavy (non-hydrogen) atoms. The van der Waals surface area contributed by atoms with E-state index >= 15 is 0 Å². The molecule has 2 amide bonds. The van der Waals surface area contributed by atoms with Gasteiger partial charge in [0.2, 0.25) is 0 Å². The first kappa shape index (κ1) is 21.0. The normalized spacial score (nSPS) is 7.93. The number of carbonyl (C=O) groups is 2. The maximum absolute atomic E-state index is 10.2. The molecule has 0 saturated heterocycles. The van der Waals surface area contributed by atoms with Crippen LogP contribution in [0.5, 0.6) is 0 Å². The van der Waals surface area contributed by atoms with Gasteiger partial charge in [-0.25, -0.2) is 0 Å². The van der Waals surface area contributed by atoms with Gasteiger partial charge >= 0.3 is 29.6 Å². The number of amides is 2. The molecule has 7 heteroatoms. The third-order valence-electron chi connectivity index (χ3n) is 1.31. The van der Waals surface area contributed by atoms with Crippen molar-refractivity contribution >= 4 is 35.7 Å². The molecule has 0 atom stereocenters. The van der Waals surface area contributed by atoms with Crippen molar-refractivity contribution in [2.45, 2.75) is 32.6 Å². The zero-order valence-corrected chi connectivity index (χ0v) is 13.1. The third-order valence-corrected chi connectivity index (χ3v) is 1.46. The van der Waals surface area contributed by atoms with E-state index in [0.717, 1.165) is 13.0 Å². The number of nitrogens with two attached hydrogens (primary N) is 1. The minimum Gasteiger partial charge on any atom is -1.00 e. The van der Waals surface area contributed by atoms with E-state index in [0.29, 0.717) is 0 Å². The first-order valence-electron chi connectivity index (χ1n) is 4.45. The topological polar surface area (TPSA) is 72.2 Å². The van der Waals surface area contributed by atoms with Crippen molar-refractivity contribution < 1.29 is 40.6 Å². The van der Waals surface area contributed by atoms with E-state index in [1.165, 1.54) is 19.3 Å². The van der Waals surface area contributed by atoms with Crippen molar-refractivity contribution in [2.75, 3.05) is 6.54 Å². The number of unbranched alkanes of at least 4 members (excludes halogenated alkanes) is 3. The van der Waals surface area contributed by atoms with Gasteiger partial charge < -0.3 is 12.5 Å². The van der Waals surface area contributed by atoms with Crippen LogP contribution in [0.2, 0.25) is 0 Å². The Balaban J connectivity index is -0.000000105. The van der Waals surface area contributed by atoms with Gasteiger partial charge in [0.15, 0.2) is 0 Å². The van der Waals surface area contributed by atoms with Crippen LogP contribution in [0, 0.1) is 0 Å². The molecule has 0 heterocycles. The average Bonchev–Trinajstić information content (AvgIpc) is 2.02. The van der Waals surface area contributed by atoms with E-state index < -0.39 is 5.24 Å². The van der Waals surface area contributed by atoms with Crippen molar-refractivity contribution in [1.82, 2.24) is 5.32 Å². The maximum atomic E-state index is 10.2. The molecule has 0 aromatic heterocycles. The smallest absolute Gasteiger partial charge is 1.00 e. The SMILES string of the molecule is CCCCCCNC(=O)S.NC(=O)S.[H-].[Na+]. The molecular formula is C8H19N2NaO2S2. The Labute approximate surface area is 126 Å². The zero-order chi connectivity index (χ0) is 11.4. The molecule has 0 aliphatic heterocycles. The Morgan fingerprint density at radius 1 is 1.27 bits per heavy atom. The molecular weight excluding hydrogens is 243 g/mol. The maximum Gasteiger partial charge on any atom is 1.00 e. The van der Waals surface area contributed by atoms with Gasteiger partial charge in [-0.3, -0.25) is 9.59 Å². The molecule has 86 valence electrons. The molecule has 0 unspecified atom stereocenters. The first-order valence-corrected chi connectivity index (χ1v) is 5.35. The Morgan fingerprint density at radius 2 is 1.73 bits per heavy atom. The van der Waals surface area contributed by atoms with Gasteiger partial charge in [0, 0.05) is 6.54 Å².